The number of ether oxygens (including phenoxy) is 2. The summed E-state index contributed by atoms with van der Waals surface area (Å²) in [5.74, 6) is -2.70. The molecule has 10 nitrogen and oxygen atoms in total. The second kappa shape index (κ2) is 13.4. The fourth-order valence-electron chi connectivity index (χ4n) is 3.71. The molecule has 1 aromatic heterocycles. The second-order valence-electron chi connectivity index (χ2n) is 8.50. The Morgan fingerprint density at radius 1 is 1.28 bits per heavy atom. The summed E-state index contributed by atoms with van der Waals surface area (Å²) in [6, 6.07) is 1.76. The summed E-state index contributed by atoms with van der Waals surface area (Å²) < 4.78 is 42.7. The molecule has 0 spiro atoms. The van der Waals surface area contributed by atoms with Gasteiger partial charge < -0.3 is 25.6 Å². The SMILES string of the molecule is Cc1cc(F)c(COc2nsc(NC(=O)NCCCCC(O)CN3CCOCC3)c2C(N)=O)c(F)c1. The van der Waals surface area contributed by atoms with Gasteiger partial charge in [-0.3, -0.25) is 15.0 Å². The van der Waals surface area contributed by atoms with E-state index in [4.69, 9.17) is 15.2 Å². The topological polar surface area (TPSA) is 139 Å². The number of amides is 3. The molecule has 1 unspecified atom stereocenters. The van der Waals surface area contributed by atoms with Crippen molar-refractivity contribution in [2.45, 2.75) is 38.9 Å². The fourth-order valence-corrected chi connectivity index (χ4v) is 4.45. The lowest BCUT2D eigenvalue weighted by Crippen LogP contribution is -2.40. The van der Waals surface area contributed by atoms with Crippen molar-refractivity contribution in [3.05, 3.63) is 40.5 Å². The standard InChI is InChI=1S/C23H31F2N5O5S/c1-14-10-17(24)16(18(25)11-14)13-35-21-19(20(26)32)22(36-29-21)28-23(33)27-5-3-2-4-15(31)12-30-6-8-34-9-7-30/h10-11,15,31H,2-9,12-13H2,1H3,(H2,26,32)(H2,27,28,33). The number of nitrogens with one attached hydrogen (secondary N) is 2. The van der Waals surface area contributed by atoms with Gasteiger partial charge in [-0.15, -0.1) is 0 Å². The zero-order valence-electron chi connectivity index (χ0n) is 20.0. The predicted octanol–water partition coefficient (Wildman–Crippen LogP) is 2.39. The van der Waals surface area contributed by atoms with Crippen LogP contribution in [0.2, 0.25) is 0 Å². The van der Waals surface area contributed by atoms with Crippen LogP contribution in [0.15, 0.2) is 12.1 Å². The number of halogens is 2. The number of aliphatic hydroxyl groups excluding tert-OH is 1. The number of primary amides is 1. The first-order valence-corrected chi connectivity index (χ1v) is 12.4. The minimum Gasteiger partial charge on any atom is -0.471 e. The Morgan fingerprint density at radius 2 is 1.97 bits per heavy atom. The molecule has 1 fully saturated rings. The van der Waals surface area contributed by atoms with Gasteiger partial charge in [-0.2, -0.15) is 4.37 Å². The largest absolute Gasteiger partial charge is 0.471 e. The molecule has 0 saturated carbocycles. The van der Waals surface area contributed by atoms with E-state index in [-0.39, 0.29) is 22.0 Å². The van der Waals surface area contributed by atoms with Gasteiger partial charge in [0.05, 0.1) is 24.9 Å². The van der Waals surface area contributed by atoms with E-state index in [1.54, 1.807) is 6.92 Å². The van der Waals surface area contributed by atoms with Crippen molar-refractivity contribution < 1.29 is 33.0 Å². The number of carbonyl (C=O) groups is 2. The van der Waals surface area contributed by atoms with Crippen molar-refractivity contribution >= 4 is 28.5 Å². The maximum atomic E-state index is 14.1. The van der Waals surface area contributed by atoms with Crippen LogP contribution in [0.1, 0.15) is 40.7 Å². The van der Waals surface area contributed by atoms with Gasteiger partial charge in [0.25, 0.3) is 5.91 Å². The summed E-state index contributed by atoms with van der Waals surface area (Å²) in [4.78, 5) is 26.4. The van der Waals surface area contributed by atoms with Crippen molar-refractivity contribution in [2.75, 3.05) is 44.7 Å². The fraction of sp³-hybridized carbons (Fsp3) is 0.522. The van der Waals surface area contributed by atoms with Crippen LogP contribution in [0.25, 0.3) is 0 Å². The lowest BCUT2D eigenvalue weighted by atomic mass is 10.1. The molecule has 0 radical (unpaired) electrons. The molecule has 1 saturated heterocycles. The van der Waals surface area contributed by atoms with E-state index in [1.165, 1.54) is 12.1 Å². The molecule has 0 bridgehead atoms. The molecule has 0 aliphatic carbocycles. The number of benzene rings is 1. The number of nitrogens with two attached hydrogens (primary N) is 1. The number of hydrogen-bond donors (Lipinski definition) is 4. The summed E-state index contributed by atoms with van der Waals surface area (Å²) in [7, 11) is 0. The molecule has 1 aromatic carbocycles. The van der Waals surface area contributed by atoms with Crippen molar-refractivity contribution in [1.82, 2.24) is 14.6 Å². The van der Waals surface area contributed by atoms with Crippen LogP contribution in [-0.4, -0.2) is 71.8 Å². The Morgan fingerprint density at radius 3 is 2.64 bits per heavy atom. The third-order valence-corrected chi connectivity index (χ3v) is 6.34. The lowest BCUT2D eigenvalue weighted by Gasteiger charge is -2.28. The second-order valence-corrected chi connectivity index (χ2v) is 9.27. The molecule has 5 N–H and O–H groups in total. The summed E-state index contributed by atoms with van der Waals surface area (Å²) in [6.45, 7) is 5.00. The normalized spacial score (nSPS) is 14.9. The zero-order chi connectivity index (χ0) is 26.1. The molecular weight excluding hydrogens is 496 g/mol. The van der Waals surface area contributed by atoms with Gasteiger partial charge in [0, 0.05) is 26.2 Å². The molecule has 1 aliphatic rings. The monoisotopic (exact) mass is 527 g/mol. The first-order chi connectivity index (χ1) is 17.2. The highest BCUT2D eigenvalue weighted by atomic mass is 32.1. The van der Waals surface area contributed by atoms with Gasteiger partial charge in [0.15, 0.2) is 0 Å². The molecule has 3 rings (SSSR count). The number of aromatic nitrogens is 1. The van der Waals surface area contributed by atoms with Crippen LogP contribution in [0.4, 0.5) is 18.6 Å². The predicted molar refractivity (Wildman–Crippen MR) is 130 cm³/mol. The maximum Gasteiger partial charge on any atom is 0.319 e. The maximum absolute atomic E-state index is 14.1. The summed E-state index contributed by atoms with van der Waals surface area (Å²) in [5, 5.41) is 15.4. The molecule has 2 heterocycles. The van der Waals surface area contributed by atoms with Crippen LogP contribution in [0.3, 0.4) is 0 Å². The van der Waals surface area contributed by atoms with E-state index in [0.29, 0.717) is 44.7 Å². The highest BCUT2D eigenvalue weighted by molar-refractivity contribution is 7.11. The molecule has 2 aromatic rings. The third kappa shape index (κ3) is 8.08. The van der Waals surface area contributed by atoms with Crippen LogP contribution < -0.4 is 21.1 Å². The lowest BCUT2D eigenvalue weighted by molar-refractivity contribution is 0.0128. The van der Waals surface area contributed by atoms with E-state index in [1.807, 2.05) is 0 Å². The molecular formula is C23H31F2N5O5S. The number of aryl methyl sites for hydroxylation is 1. The minimum atomic E-state index is -0.909. The van der Waals surface area contributed by atoms with Crippen molar-refractivity contribution in [1.29, 1.82) is 0 Å². The van der Waals surface area contributed by atoms with Crippen LogP contribution in [0, 0.1) is 18.6 Å². The number of hydrogen-bond acceptors (Lipinski definition) is 8. The number of nitrogens with zero attached hydrogens (tertiary/aromatic N) is 2. The molecule has 1 atom stereocenters. The number of rotatable bonds is 12. The Bertz CT molecular complexity index is 1020. The molecule has 1 aliphatic heterocycles. The van der Waals surface area contributed by atoms with Gasteiger partial charge in [-0.1, -0.05) is 0 Å². The van der Waals surface area contributed by atoms with Gasteiger partial charge >= 0.3 is 6.03 Å². The smallest absolute Gasteiger partial charge is 0.319 e. The van der Waals surface area contributed by atoms with E-state index in [2.05, 4.69) is 19.9 Å². The molecule has 198 valence electrons. The van der Waals surface area contributed by atoms with Crippen molar-refractivity contribution in [3.63, 3.8) is 0 Å². The van der Waals surface area contributed by atoms with E-state index in [0.717, 1.165) is 31.0 Å². The number of aliphatic hydroxyl groups is 1. The van der Waals surface area contributed by atoms with E-state index >= 15 is 0 Å². The average molecular weight is 528 g/mol. The average Bonchev–Trinajstić information content (AvgIpc) is 3.21. The van der Waals surface area contributed by atoms with E-state index < -0.39 is 36.3 Å². The van der Waals surface area contributed by atoms with Crippen LogP contribution in [0.5, 0.6) is 5.88 Å². The van der Waals surface area contributed by atoms with Crippen molar-refractivity contribution in [3.8, 4) is 5.88 Å². The van der Waals surface area contributed by atoms with Crippen LogP contribution >= 0.6 is 11.5 Å². The Kier molecular flexibility index (Phi) is 10.3. The van der Waals surface area contributed by atoms with Gasteiger partial charge in [-0.25, -0.2) is 13.6 Å². The van der Waals surface area contributed by atoms with Crippen LogP contribution in [-0.2, 0) is 11.3 Å². The van der Waals surface area contributed by atoms with Gasteiger partial charge in [0.1, 0.15) is 28.8 Å². The molecule has 13 heteroatoms. The minimum absolute atomic E-state index is 0.0563. The summed E-state index contributed by atoms with van der Waals surface area (Å²) in [6.07, 6.45) is 1.56. The Labute approximate surface area is 211 Å². The number of β-amino-alcohol motifs (C(OH)–C–C–N with tert-alkyl or cyclic N) is 1. The zero-order valence-corrected chi connectivity index (χ0v) is 20.8. The van der Waals surface area contributed by atoms with Gasteiger partial charge in [-0.05, 0) is 55.4 Å². The Balaban J connectivity index is 1.44. The number of anilines is 1. The highest BCUT2D eigenvalue weighted by Gasteiger charge is 2.23. The number of unbranched alkanes of at least 4 members (excludes halogenated alkanes) is 1. The number of morpholine rings is 1. The van der Waals surface area contributed by atoms with E-state index in [9.17, 15) is 23.5 Å². The van der Waals surface area contributed by atoms with Gasteiger partial charge in [0.2, 0.25) is 5.88 Å². The first kappa shape index (κ1) is 27.7. The number of urea groups is 1. The van der Waals surface area contributed by atoms with Crippen molar-refractivity contribution in [2.24, 2.45) is 5.73 Å². The third-order valence-electron chi connectivity index (χ3n) is 5.60. The molecule has 3 amide bonds. The highest BCUT2D eigenvalue weighted by Crippen LogP contribution is 2.31. The number of carbonyl (C=O) groups excluding carboxylic acids is 2. The quantitative estimate of drug-likeness (QED) is 0.311. The summed E-state index contributed by atoms with van der Waals surface area (Å²) >= 11 is 0.761. The Hall–Kier alpha value is -2.87. The summed E-state index contributed by atoms with van der Waals surface area (Å²) in [5.41, 5.74) is 5.33. The molecule has 36 heavy (non-hydrogen) atoms. The first-order valence-electron chi connectivity index (χ1n) is 11.6.